The Hall–Kier alpha value is -3.67. The molecule has 2 heterocycles. The third-order valence-corrected chi connectivity index (χ3v) is 3.73. The molecule has 0 spiro atoms. The van der Waals surface area contributed by atoms with Gasteiger partial charge in [-0.05, 0) is 17.7 Å². The largest absolute Gasteiger partial charge is 0.394 e. The first-order valence-electron chi connectivity index (χ1n) is 8.27. The van der Waals surface area contributed by atoms with Gasteiger partial charge in [0.2, 0.25) is 11.9 Å². The zero-order valence-corrected chi connectivity index (χ0v) is 14.8. The number of hydrogen-bond donors (Lipinski definition) is 4. The lowest BCUT2D eigenvalue weighted by molar-refractivity contribution is -0.118. The monoisotopic (exact) mass is 407 g/mol. The quantitative estimate of drug-likeness (QED) is 0.445. The van der Waals surface area contributed by atoms with Crippen LogP contribution in [0.2, 0.25) is 0 Å². The molecule has 12 heteroatoms. The Labute approximate surface area is 162 Å². The second-order valence-corrected chi connectivity index (χ2v) is 5.99. The van der Waals surface area contributed by atoms with Gasteiger partial charge in [-0.3, -0.25) is 9.48 Å². The standard InChI is InChI=1S/C17H16F3N7O2/c18-10-1-9(2-11(19)3-10)14(8-28)25-16-13(20)5-22-17(26-16)24-12-4-23-27(6-12)7-15(21)29/h1-6,14,28H,7-8H2,(H2,21,29)(H2,22,24,25,26). The molecule has 9 nitrogen and oxygen atoms in total. The van der Waals surface area contributed by atoms with E-state index in [0.29, 0.717) is 11.8 Å². The van der Waals surface area contributed by atoms with Gasteiger partial charge < -0.3 is 21.5 Å². The average Bonchev–Trinajstić information content (AvgIpc) is 3.07. The smallest absolute Gasteiger partial charge is 0.239 e. The Kier molecular flexibility index (Phi) is 5.93. The van der Waals surface area contributed by atoms with Crippen LogP contribution in [0.1, 0.15) is 11.6 Å². The van der Waals surface area contributed by atoms with Crippen molar-refractivity contribution in [1.82, 2.24) is 19.7 Å². The lowest BCUT2D eigenvalue weighted by atomic mass is 10.1. The molecule has 5 N–H and O–H groups in total. The third kappa shape index (κ3) is 5.19. The van der Waals surface area contributed by atoms with E-state index < -0.39 is 36.0 Å². The molecule has 1 unspecified atom stereocenters. The highest BCUT2D eigenvalue weighted by Gasteiger charge is 2.17. The summed E-state index contributed by atoms with van der Waals surface area (Å²) in [5.74, 6) is -3.40. The van der Waals surface area contributed by atoms with Gasteiger partial charge >= 0.3 is 0 Å². The second-order valence-electron chi connectivity index (χ2n) is 5.99. The van der Waals surface area contributed by atoms with Crippen molar-refractivity contribution in [3.63, 3.8) is 0 Å². The van der Waals surface area contributed by atoms with Crippen molar-refractivity contribution in [1.29, 1.82) is 0 Å². The predicted octanol–water partition coefficient (Wildman–Crippen LogP) is 1.46. The zero-order chi connectivity index (χ0) is 21.0. The molecule has 3 rings (SSSR count). The Bertz CT molecular complexity index is 1010. The number of benzene rings is 1. The summed E-state index contributed by atoms with van der Waals surface area (Å²) in [7, 11) is 0. The molecule has 1 aromatic carbocycles. The number of nitrogens with zero attached hydrogens (tertiary/aromatic N) is 4. The SMILES string of the molecule is NC(=O)Cn1cc(Nc2ncc(F)c(NC(CO)c3cc(F)cc(F)c3)n2)cn1. The lowest BCUT2D eigenvalue weighted by Crippen LogP contribution is -2.18. The topological polar surface area (TPSA) is 131 Å². The molecule has 0 bridgehead atoms. The number of nitrogens with two attached hydrogens (primary N) is 1. The lowest BCUT2D eigenvalue weighted by Gasteiger charge is -2.18. The number of primary amides is 1. The molecule has 0 aliphatic carbocycles. The van der Waals surface area contributed by atoms with Crippen molar-refractivity contribution in [2.45, 2.75) is 12.6 Å². The van der Waals surface area contributed by atoms with Crippen molar-refractivity contribution in [2.75, 3.05) is 17.2 Å². The van der Waals surface area contributed by atoms with Gasteiger partial charge in [0.1, 0.15) is 18.2 Å². The van der Waals surface area contributed by atoms with E-state index >= 15 is 0 Å². The average molecular weight is 407 g/mol. The van der Waals surface area contributed by atoms with Crippen LogP contribution in [0.25, 0.3) is 0 Å². The van der Waals surface area contributed by atoms with Gasteiger partial charge in [-0.1, -0.05) is 0 Å². The molecule has 0 fully saturated rings. The van der Waals surface area contributed by atoms with Crippen LogP contribution in [-0.2, 0) is 11.3 Å². The normalized spacial score (nSPS) is 11.9. The van der Waals surface area contributed by atoms with E-state index in [-0.39, 0.29) is 23.9 Å². The van der Waals surface area contributed by atoms with Crippen molar-refractivity contribution < 1.29 is 23.1 Å². The van der Waals surface area contributed by atoms with Crippen LogP contribution in [0.5, 0.6) is 0 Å². The molecule has 3 aromatic rings. The van der Waals surface area contributed by atoms with E-state index in [4.69, 9.17) is 5.73 Å². The third-order valence-electron chi connectivity index (χ3n) is 3.73. The maximum atomic E-state index is 14.1. The van der Waals surface area contributed by atoms with E-state index in [9.17, 15) is 23.1 Å². The summed E-state index contributed by atoms with van der Waals surface area (Å²) in [6, 6.07) is 1.70. The van der Waals surface area contributed by atoms with Gasteiger partial charge in [-0.25, -0.2) is 18.2 Å². The summed E-state index contributed by atoms with van der Waals surface area (Å²) >= 11 is 0. The van der Waals surface area contributed by atoms with Crippen molar-refractivity contribution in [3.05, 3.63) is 59.8 Å². The minimum Gasteiger partial charge on any atom is -0.394 e. The van der Waals surface area contributed by atoms with Gasteiger partial charge in [0.15, 0.2) is 11.6 Å². The van der Waals surface area contributed by atoms with E-state index in [1.54, 1.807) is 0 Å². The number of amides is 1. The van der Waals surface area contributed by atoms with E-state index in [1.165, 1.54) is 17.1 Å². The van der Waals surface area contributed by atoms with Crippen LogP contribution in [0.4, 0.5) is 30.6 Å². The molecule has 152 valence electrons. The minimum absolute atomic E-state index is 0.0189. The number of aliphatic hydroxyl groups is 1. The summed E-state index contributed by atoms with van der Waals surface area (Å²) in [6.45, 7) is -0.698. The predicted molar refractivity (Wildman–Crippen MR) is 96.5 cm³/mol. The van der Waals surface area contributed by atoms with Crippen LogP contribution in [0.15, 0.2) is 36.8 Å². The van der Waals surface area contributed by atoms with Crippen molar-refractivity contribution in [2.24, 2.45) is 5.73 Å². The fourth-order valence-corrected chi connectivity index (χ4v) is 2.51. The summed E-state index contributed by atoms with van der Waals surface area (Å²) < 4.78 is 42.3. The maximum Gasteiger partial charge on any atom is 0.239 e. The summed E-state index contributed by atoms with van der Waals surface area (Å²) in [5, 5.41) is 18.8. The summed E-state index contributed by atoms with van der Waals surface area (Å²) in [4.78, 5) is 18.7. The van der Waals surface area contributed by atoms with Gasteiger partial charge in [-0.15, -0.1) is 0 Å². The fourth-order valence-electron chi connectivity index (χ4n) is 2.51. The Morgan fingerprint density at radius 2 is 1.93 bits per heavy atom. The van der Waals surface area contributed by atoms with Crippen LogP contribution < -0.4 is 16.4 Å². The van der Waals surface area contributed by atoms with E-state index in [1.807, 2.05) is 0 Å². The van der Waals surface area contributed by atoms with Gasteiger partial charge in [0.05, 0.1) is 30.7 Å². The second kappa shape index (κ2) is 8.56. The highest BCUT2D eigenvalue weighted by Crippen LogP contribution is 2.23. The number of nitrogens with one attached hydrogen (secondary N) is 2. The Balaban J connectivity index is 1.79. The fraction of sp³-hybridized carbons (Fsp3) is 0.176. The molecular formula is C17H16F3N7O2. The maximum absolute atomic E-state index is 14.1. The Morgan fingerprint density at radius 1 is 1.21 bits per heavy atom. The molecule has 1 atom stereocenters. The molecule has 0 radical (unpaired) electrons. The molecule has 1 amide bonds. The number of carbonyl (C=O) groups excluding carboxylic acids is 1. The van der Waals surface area contributed by atoms with E-state index in [2.05, 4.69) is 25.7 Å². The first-order valence-corrected chi connectivity index (χ1v) is 8.27. The number of anilines is 3. The van der Waals surface area contributed by atoms with Crippen LogP contribution in [0.3, 0.4) is 0 Å². The molecule has 0 aliphatic rings. The number of carbonyl (C=O) groups is 1. The number of rotatable bonds is 8. The first-order chi connectivity index (χ1) is 13.8. The van der Waals surface area contributed by atoms with Crippen molar-refractivity contribution in [3.8, 4) is 0 Å². The highest BCUT2D eigenvalue weighted by atomic mass is 19.1. The number of aliphatic hydroxyl groups excluding tert-OH is 1. The van der Waals surface area contributed by atoms with Crippen LogP contribution >= 0.6 is 0 Å². The molecule has 0 saturated carbocycles. The highest BCUT2D eigenvalue weighted by molar-refractivity contribution is 5.73. The van der Waals surface area contributed by atoms with Gasteiger partial charge in [0.25, 0.3) is 0 Å². The molecular weight excluding hydrogens is 391 g/mol. The molecule has 0 saturated heterocycles. The van der Waals surface area contributed by atoms with Gasteiger partial charge in [-0.2, -0.15) is 10.1 Å². The number of hydrogen-bond acceptors (Lipinski definition) is 7. The minimum atomic E-state index is -1.02. The van der Waals surface area contributed by atoms with Gasteiger partial charge in [0, 0.05) is 12.3 Å². The van der Waals surface area contributed by atoms with Crippen LogP contribution in [-0.4, -0.2) is 37.4 Å². The Morgan fingerprint density at radius 3 is 2.59 bits per heavy atom. The zero-order valence-electron chi connectivity index (χ0n) is 14.8. The number of aromatic nitrogens is 4. The summed E-state index contributed by atoms with van der Waals surface area (Å²) in [6.07, 6.45) is 3.73. The van der Waals surface area contributed by atoms with Crippen LogP contribution in [0, 0.1) is 17.5 Å². The molecule has 29 heavy (non-hydrogen) atoms. The van der Waals surface area contributed by atoms with E-state index in [0.717, 1.165) is 18.3 Å². The molecule has 0 aliphatic heterocycles. The van der Waals surface area contributed by atoms with Crippen molar-refractivity contribution >= 4 is 23.4 Å². The molecule has 2 aromatic heterocycles. The number of halogens is 3. The first kappa shape index (κ1) is 20.1. The summed E-state index contributed by atoms with van der Waals surface area (Å²) in [5.41, 5.74) is 5.57.